The van der Waals surface area contributed by atoms with Crippen LogP contribution < -0.4 is 15.5 Å². The zero-order valence-electron chi connectivity index (χ0n) is 20.3. The van der Waals surface area contributed by atoms with Crippen molar-refractivity contribution in [1.29, 1.82) is 0 Å². The lowest BCUT2D eigenvalue weighted by molar-refractivity contribution is 0.0925. The van der Waals surface area contributed by atoms with Gasteiger partial charge in [-0.25, -0.2) is 4.90 Å². The summed E-state index contributed by atoms with van der Waals surface area (Å²) in [5.74, 6) is -1.19. The predicted molar refractivity (Wildman–Crippen MR) is 142 cm³/mol. The van der Waals surface area contributed by atoms with Crippen molar-refractivity contribution in [2.45, 2.75) is 20.8 Å². The Hall–Kier alpha value is -4.71. The van der Waals surface area contributed by atoms with E-state index in [0.29, 0.717) is 22.5 Å². The minimum absolute atomic E-state index is 0.222. The molecule has 178 valence electrons. The number of anilines is 4. The molecule has 2 N–H and O–H groups in total. The Bertz CT molecular complexity index is 1520. The molecule has 1 aliphatic heterocycles. The van der Waals surface area contributed by atoms with Gasteiger partial charge in [0, 0.05) is 11.3 Å². The summed E-state index contributed by atoms with van der Waals surface area (Å²) in [4.78, 5) is 40.7. The largest absolute Gasteiger partial charge is 0.354 e. The highest BCUT2D eigenvalue weighted by atomic mass is 16.2. The van der Waals surface area contributed by atoms with Crippen molar-refractivity contribution < 1.29 is 14.4 Å². The molecule has 1 heterocycles. The average molecular weight is 476 g/mol. The molecule has 4 aromatic rings. The van der Waals surface area contributed by atoms with Crippen molar-refractivity contribution >= 4 is 40.5 Å². The summed E-state index contributed by atoms with van der Waals surface area (Å²) in [6.07, 6.45) is 0. The highest BCUT2D eigenvalue weighted by molar-refractivity contribution is 6.35. The van der Waals surface area contributed by atoms with Crippen LogP contribution in [0.25, 0.3) is 0 Å². The van der Waals surface area contributed by atoms with E-state index in [0.717, 1.165) is 28.1 Å². The van der Waals surface area contributed by atoms with Gasteiger partial charge in [-0.05, 0) is 80.4 Å². The minimum atomic E-state index is -0.431. The molecule has 0 aromatic heterocycles. The molecule has 0 bridgehead atoms. The zero-order chi connectivity index (χ0) is 25.4. The van der Waals surface area contributed by atoms with E-state index in [1.807, 2.05) is 75.4 Å². The summed E-state index contributed by atoms with van der Waals surface area (Å²) >= 11 is 0. The molecule has 0 fully saturated rings. The average Bonchev–Trinajstić information content (AvgIpc) is 3.12. The highest BCUT2D eigenvalue weighted by Crippen LogP contribution is 2.33. The Morgan fingerprint density at radius 2 is 1.42 bits per heavy atom. The summed E-state index contributed by atoms with van der Waals surface area (Å²) < 4.78 is 0. The maximum Gasteiger partial charge on any atom is 0.266 e. The maximum atomic E-state index is 13.2. The summed E-state index contributed by atoms with van der Waals surface area (Å²) in [7, 11) is 0. The number of carbonyl (C=O) groups is 3. The molecule has 1 aliphatic rings. The van der Waals surface area contributed by atoms with Crippen LogP contribution in [0.3, 0.4) is 0 Å². The number of aryl methyl sites for hydroxylation is 2. The molecule has 0 atom stereocenters. The van der Waals surface area contributed by atoms with Gasteiger partial charge in [-0.2, -0.15) is 0 Å². The van der Waals surface area contributed by atoms with E-state index < -0.39 is 5.91 Å². The van der Waals surface area contributed by atoms with Crippen LogP contribution in [0.5, 0.6) is 0 Å². The van der Waals surface area contributed by atoms with Crippen molar-refractivity contribution in [1.82, 2.24) is 0 Å². The molecule has 6 nitrogen and oxygen atoms in total. The van der Waals surface area contributed by atoms with Crippen LogP contribution in [0, 0.1) is 20.8 Å². The Morgan fingerprint density at radius 3 is 2.17 bits per heavy atom. The van der Waals surface area contributed by atoms with Crippen LogP contribution in [-0.2, 0) is 0 Å². The number of rotatable bonds is 5. The van der Waals surface area contributed by atoms with E-state index in [-0.39, 0.29) is 17.4 Å². The topological polar surface area (TPSA) is 78.5 Å². The second-order valence-electron chi connectivity index (χ2n) is 8.92. The normalized spacial score (nSPS) is 12.5. The van der Waals surface area contributed by atoms with Crippen LogP contribution in [-0.4, -0.2) is 17.7 Å². The van der Waals surface area contributed by atoms with E-state index >= 15 is 0 Å². The predicted octanol–water partition coefficient (Wildman–Crippen LogP) is 6.41. The van der Waals surface area contributed by atoms with Gasteiger partial charge < -0.3 is 10.6 Å². The lowest BCUT2D eigenvalue weighted by atomic mass is 10.1. The fraction of sp³-hybridized carbons (Fsp3) is 0.100. The molecule has 5 rings (SSSR count). The van der Waals surface area contributed by atoms with Crippen LogP contribution in [0.4, 0.5) is 22.7 Å². The monoisotopic (exact) mass is 475 g/mol. The molecular formula is C30H25N3O3. The van der Waals surface area contributed by atoms with Crippen LogP contribution in [0.15, 0.2) is 84.9 Å². The van der Waals surface area contributed by atoms with Gasteiger partial charge in [-0.15, -0.1) is 0 Å². The van der Waals surface area contributed by atoms with Crippen molar-refractivity contribution in [3.8, 4) is 0 Å². The van der Waals surface area contributed by atoms with E-state index in [9.17, 15) is 14.4 Å². The van der Waals surface area contributed by atoms with Gasteiger partial charge >= 0.3 is 0 Å². The maximum absolute atomic E-state index is 13.2. The Labute approximate surface area is 209 Å². The third-order valence-corrected chi connectivity index (χ3v) is 6.47. The van der Waals surface area contributed by atoms with Crippen molar-refractivity contribution in [2.75, 3.05) is 15.5 Å². The van der Waals surface area contributed by atoms with Gasteiger partial charge in [0.1, 0.15) is 0 Å². The molecule has 0 aliphatic carbocycles. The van der Waals surface area contributed by atoms with E-state index in [1.54, 1.807) is 24.3 Å². The number of hydrogen-bond donors (Lipinski definition) is 2. The Morgan fingerprint density at radius 1 is 0.722 bits per heavy atom. The molecule has 6 heteroatoms. The van der Waals surface area contributed by atoms with Gasteiger partial charge in [0.05, 0.1) is 28.2 Å². The third kappa shape index (κ3) is 4.14. The number of para-hydroxylation sites is 2. The van der Waals surface area contributed by atoms with Gasteiger partial charge in [0.25, 0.3) is 17.7 Å². The van der Waals surface area contributed by atoms with Gasteiger partial charge in [0.15, 0.2) is 0 Å². The van der Waals surface area contributed by atoms with Crippen LogP contribution in [0.1, 0.15) is 47.8 Å². The quantitative estimate of drug-likeness (QED) is 0.327. The van der Waals surface area contributed by atoms with Crippen LogP contribution in [0.2, 0.25) is 0 Å². The second-order valence-corrected chi connectivity index (χ2v) is 8.92. The molecule has 4 aromatic carbocycles. The van der Waals surface area contributed by atoms with Gasteiger partial charge in [-0.1, -0.05) is 42.0 Å². The molecule has 0 spiro atoms. The SMILES string of the molecule is Cc1ccc(Nc2ccccc2NC(=O)c2ccc3c(c2)C(=O)N(c2cccc(C)c2C)C3=O)cc1. The molecule has 0 saturated carbocycles. The lowest BCUT2D eigenvalue weighted by Crippen LogP contribution is -2.30. The summed E-state index contributed by atoms with van der Waals surface area (Å²) in [5, 5.41) is 6.25. The molecule has 0 radical (unpaired) electrons. The molecule has 3 amide bonds. The standard InChI is InChI=1S/C30H25N3O3/c1-18-11-14-22(15-12-18)31-25-8-4-5-9-26(25)32-28(34)21-13-16-23-24(17-21)30(36)33(29(23)35)27-10-6-7-19(2)20(27)3/h4-17,31H,1-3H3,(H,32,34). The van der Waals surface area contributed by atoms with Gasteiger partial charge in [-0.3, -0.25) is 14.4 Å². The summed E-state index contributed by atoms with van der Waals surface area (Å²) in [6.45, 7) is 5.84. The second kappa shape index (κ2) is 9.15. The number of fused-ring (bicyclic) bond motifs is 1. The molecule has 0 saturated heterocycles. The number of carbonyl (C=O) groups excluding carboxylic acids is 3. The molecule has 0 unspecified atom stereocenters. The first-order valence-electron chi connectivity index (χ1n) is 11.7. The van der Waals surface area contributed by atoms with Gasteiger partial charge in [0.2, 0.25) is 0 Å². The number of imide groups is 1. The fourth-order valence-corrected chi connectivity index (χ4v) is 4.27. The van der Waals surface area contributed by atoms with Crippen molar-refractivity contribution in [2.24, 2.45) is 0 Å². The lowest BCUT2D eigenvalue weighted by Gasteiger charge is -2.17. The Kier molecular flexibility index (Phi) is 5.86. The number of nitrogens with zero attached hydrogens (tertiary/aromatic N) is 1. The minimum Gasteiger partial charge on any atom is -0.354 e. The number of amides is 3. The first kappa shape index (κ1) is 23.1. The first-order chi connectivity index (χ1) is 17.3. The van der Waals surface area contributed by atoms with E-state index in [4.69, 9.17) is 0 Å². The molecular weight excluding hydrogens is 450 g/mol. The number of benzene rings is 4. The Balaban J connectivity index is 1.40. The number of nitrogens with one attached hydrogen (secondary N) is 2. The summed E-state index contributed by atoms with van der Waals surface area (Å²) in [5.41, 5.74) is 6.61. The van der Waals surface area contributed by atoms with Crippen LogP contribution >= 0.6 is 0 Å². The van der Waals surface area contributed by atoms with E-state index in [2.05, 4.69) is 10.6 Å². The molecule has 36 heavy (non-hydrogen) atoms. The van der Waals surface area contributed by atoms with Crippen molar-refractivity contribution in [3.05, 3.63) is 118 Å². The summed E-state index contributed by atoms with van der Waals surface area (Å²) in [6, 6.07) is 25.5. The highest BCUT2D eigenvalue weighted by Gasteiger charge is 2.38. The smallest absolute Gasteiger partial charge is 0.266 e. The fourth-order valence-electron chi connectivity index (χ4n) is 4.27. The zero-order valence-corrected chi connectivity index (χ0v) is 20.3. The third-order valence-electron chi connectivity index (χ3n) is 6.47. The van der Waals surface area contributed by atoms with Crippen molar-refractivity contribution in [3.63, 3.8) is 0 Å². The van der Waals surface area contributed by atoms with E-state index in [1.165, 1.54) is 11.0 Å². The first-order valence-corrected chi connectivity index (χ1v) is 11.7. The number of hydrogen-bond acceptors (Lipinski definition) is 4.